The van der Waals surface area contributed by atoms with E-state index in [1.54, 1.807) is 0 Å². The molecule has 0 N–H and O–H groups in total. The summed E-state index contributed by atoms with van der Waals surface area (Å²) >= 11 is 0. The number of hydrogen-bond donors (Lipinski definition) is 0. The molecule has 0 atom stereocenters. The lowest BCUT2D eigenvalue weighted by Gasteiger charge is -2.35. The predicted octanol–water partition coefficient (Wildman–Crippen LogP) is 22.1. The number of benzene rings is 14. The smallest absolute Gasteiger partial charge is 0.00199 e. The van der Waals surface area contributed by atoms with Crippen molar-refractivity contribution in [2.24, 2.45) is 0 Å². The quantitative estimate of drug-likeness (QED) is 0.133. The van der Waals surface area contributed by atoms with E-state index < -0.39 is 0 Å². The van der Waals surface area contributed by atoms with Gasteiger partial charge < -0.3 is 0 Å². The lowest BCUT2D eigenvalue weighted by molar-refractivity contribution is 0.517. The van der Waals surface area contributed by atoms with Gasteiger partial charge in [-0.25, -0.2) is 0 Å². The van der Waals surface area contributed by atoms with Crippen molar-refractivity contribution in [1.82, 2.24) is 0 Å². The average molecular weight is 1020 g/mol. The SMILES string of the molecule is CC1(C)Cc2cc(-c3ccc4c(-c5ccccc5-c5ccccc5)c5ccccc5c(-c5ccccc5-c5ccccc5)c4c3)ccc2-c2ccc(-c3ccc4c(-c5ccccc5)c5ccccc5c(-c5ccccc5)c4c3)cc21. The lowest BCUT2D eigenvalue weighted by atomic mass is 9.69. The first-order valence-electron chi connectivity index (χ1n) is 28.1. The highest BCUT2D eigenvalue weighted by Gasteiger charge is 2.32. The molecule has 0 radical (unpaired) electrons. The van der Waals surface area contributed by atoms with E-state index in [1.165, 1.54) is 154 Å². The second-order valence-corrected chi connectivity index (χ2v) is 22.4. The molecule has 0 heteroatoms. The molecule has 0 spiro atoms. The van der Waals surface area contributed by atoms with Crippen LogP contribution in [0, 0.1) is 0 Å². The van der Waals surface area contributed by atoms with Gasteiger partial charge in [-0.15, -0.1) is 0 Å². The highest BCUT2D eigenvalue weighted by Crippen LogP contribution is 2.51. The van der Waals surface area contributed by atoms with E-state index in [2.05, 4.69) is 305 Å². The molecular formula is C80H56. The molecule has 0 aliphatic heterocycles. The van der Waals surface area contributed by atoms with E-state index in [9.17, 15) is 0 Å². The van der Waals surface area contributed by atoms with E-state index in [1.807, 2.05) is 0 Å². The Morgan fingerprint density at radius 1 is 0.212 bits per heavy atom. The Hall–Kier alpha value is -9.88. The van der Waals surface area contributed by atoms with Crippen molar-refractivity contribution in [1.29, 1.82) is 0 Å². The number of hydrogen-bond acceptors (Lipinski definition) is 0. The van der Waals surface area contributed by atoms with Crippen molar-refractivity contribution in [3.05, 3.63) is 302 Å². The van der Waals surface area contributed by atoms with Gasteiger partial charge in [0.15, 0.2) is 0 Å². The predicted molar refractivity (Wildman–Crippen MR) is 342 cm³/mol. The Bertz CT molecular complexity index is 4720. The summed E-state index contributed by atoms with van der Waals surface area (Å²) in [5, 5.41) is 10.0. The standard InChI is InChI=1S/C80H56/c1-80(2)51-60-47-56(39-43-63(60)64-44-40-59(50-75(64)80)58-41-45-71-73(48-58)77(55-29-13-6-14-30-55)68-36-20-19-35-67(68)76(71)54-27-11-5-12-28-54)57-42-46-72-74(49-57)79(66-34-18-16-32-62(66)53-25-9-4-10-26-53)70-38-22-21-37-69(70)78(72)65-33-17-15-31-61(65)52-23-7-3-8-24-52/h3-50H,51H2,1-2H3. The summed E-state index contributed by atoms with van der Waals surface area (Å²) in [6.45, 7) is 4.87. The van der Waals surface area contributed by atoms with E-state index in [4.69, 9.17) is 0 Å². The molecular weight excluding hydrogens is 961 g/mol. The van der Waals surface area contributed by atoms with Gasteiger partial charge in [-0.05, 0) is 184 Å². The van der Waals surface area contributed by atoms with Crippen LogP contribution in [0.1, 0.15) is 25.0 Å². The van der Waals surface area contributed by atoms with Crippen LogP contribution in [-0.4, -0.2) is 0 Å². The highest BCUT2D eigenvalue weighted by atomic mass is 14.4. The number of fused-ring (bicyclic) bond motifs is 7. The molecule has 0 heterocycles. The normalized spacial score (nSPS) is 12.7. The van der Waals surface area contributed by atoms with E-state index >= 15 is 0 Å². The zero-order valence-corrected chi connectivity index (χ0v) is 44.9. The Balaban J connectivity index is 0.883. The summed E-state index contributed by atoms with van der Waals surface area (Å²) in [7, 11) is 0. The van der Waals surface area contributed by atoms with Crippen molar-refractivity contribution in [3.8, 4) is 100 Å². The summed E-state index contributed by atoms with van der Waals surface area (Å²) in [4.78, 5) is 0. The van der Waals surface area contributed by atoms with Gasteiger partial charge in [-0.1, -0.05) is 287 Å². The monoisotopic (exact) mass is 1020 g/mol. The first-order valence-corrected chi connectivity index (χ1v) is 28.1. The molecule has 0 nitrogen and oxygen atoms in total. The topological polar surface area (TPSA) is 0 Å². The molecule has 1 aliphatic rings. The molecule has 80 heavy (non-hydrogen) atoms. The van der Waals surface area contributed by atoms with Crippen LogP contribution < -0.4 is 0 Å². The Morgan fingerprint density at radius 3 is 1.04 bits per heavy atom. The maximum absolute atomic E-state index is 2.49. The molecule has 0 unspecified atom stereocenters. The summed E-state index contributed by atoms with van der Waals surface area (Å²) in [5.41, 5.74) is 25.1. The van der Waals surface area contributed by atoms with Crippen LogP contribution in [0.25, 0.3) is 143 Å². The third-order valence-corrected chi connectivity index (χ3v) is 17.2. The molecule has 1 aliphatic carbocycles. The summed E-state index contributed by atoms with van der Waals surface area (Å²) in [5.74, 6) is 0. The summed E-state index contributed by atoms with van der Waals surface area (Å²) < 4.78 is 0. The first kappa shape index (κ1) is 47.3. The van der Waals surface area contributed by atoms with Gasteiger partial charge >= 0.3 is 0 Å². The highest BCUT2D eigenvalue weighted by molar-refractivity contribution is 6.25. The maximum atomic E-state index is 2.49. The van der Waals surface area contributed by atoms with Crippen LogP contribution in [0.15, 0.2) is 291 Å². The summed E-state index contributed by atoms with van der Waals surface area (Å²) in [6.07, 6.45) is 0.934. The molecule has 0 saturated carbocycles. The minimum Gasteiger partial charge on any atom is -0.0622 e. The fourth-order valence-electron chi connectivity index (χ4n) is 13.5. The Morgan fingerprint density at radius 2 is 0.537 bits per heavy atom. The maximum Gasteiger partial charge on any atom is -0.00199 e. The Kier molecular flexibility index (Phi) is 11.4. The van der Waals surface area contributed by atoms with Crippen LogP contribution >= 0.6 is 0 Å². The van der Waals surface area contributed by atoms with Crippen LogP contribution in [0.2, 0.25) is 0 Å². The second kappa shape index (κ2) is 19.2. The largest absolute Gasteiger partial charge is 0.0622 e. The van der Waals surface area contributed by atoms with Crippen molar-refractivity contribution in [2.45, 2.75) is 25.7 Å². The molecule has 15 rings (SSSR count). The average Bonchev–Trinajstić information content (AvgIpc) is 3.70. The minimum atomic E-state index is -0.114. The number of rotatable bonds is 8. The molecule has 376 valence electrons. The van der Waals surface area contributed by atoms with Gasteiger partial charge in [0, 0.05) is 0 Å². The Labute approximate surface area is 468 Å². The zero-order chi connectivity index (χ0) is 53.3. The van der Waals surface area contributed by atoms with Crippen LogP contribution in [0.5, 0.6) is 0 Å². The first-order chi connectivity index (χ1) is 39.4. The third-order valence-electron chi connectivity index (χ3n) is 17.2. The van der Waals surface area contributed by atoms with Crippen molar-refractivity contribution < 1.29 is 0 Å². The fourth-order valence-corrected chi connectivity index (χ4v) is 13.5. The second-order valence-electron chi connectivity index (χ2n) is 22.4. The van der Waals surface area contributed by atoms with Crippen molar-refractivity contribution in [2.75, 3.05) is 0 Å². The van der Waals surface area contributed by atoms with Gasteiger partial charge in [0.2, 0.25) is 0 Å². The van der Waals surface area contributed by atoms with E-state index in [0.717, 1.165) is 6.42 Å². The van der Waals surface area contributed by atoms with Gasteiger partial charge in [-0.2, -0.15) is 0 Å². The van der Waals surface area contributed by atoms with Gasteiger partial charge in [-0.3, -0.25) is 0 Å². The van der Waals surface area contributed by atoms with Crippen LogP contribution in [0.4, 0.5) is 0 Å². The molecule has 14 aromatic carbocycles. The zero-order valence-electron chi connectivity index (χ0n) is 44.9. The molecule has 0 bridgehead atoms. The van der Waals surface area contributed by atoms with E-state index in [-0.39, 0.29) is 5.41 Å². The fraction of sp³-hybridized carbons (Fsp3) is 0.0500. The third kappa shape index (κ3) is 7.90. The molecule has 14 aromatic rings. The summed E-state index contributed by atoms with van der Waals surface area (Å²) in [6, 6.07) is 108. The van der Waals surface area contributed by atoms with Crippen LogP contribution in [-0.2, 0) is 11.8 Å². The molecule has 0 aromatic heterocycles. The van der Waals surface area contributed by atoms with Gasteiger partial charge in [0.1, 0.15) is 0 Å². The van der Waals surface area contributed by atoms with E-state index in [0.29, 0.717) is 0 Å². The minimum absolute atomic E-state index is 0.114. The van der Waals surface area contributed by atoms with Gasteiger partial charge in [0.05, 0.1) is 0 Å². The molecule has 0 fully saturated rings. The van der Waals surface area contributed by atoms with Crippen molar-refractivity contribution in [3.63, 3.8) is 0 Å². The lowest BCUT2D eigenvalue weighted by Crippen LogP contribution is -2.25. The van der Waals surface area contributed by atoms with Crippen LogP contribution in [0.3, 0.4) is 0 Å². The van der Waals surface area contributed by atoms with Gasteiger partial charge in [0.25, 0.3) is 0 Å². The molecule has 0 saturated heterocycles. The van der Waals surface area contributed by atoms with Crippen molar-refractivity contribution >= 4 is 43.1 Å². The molecule has 0 amide bonds.